The van der Waals surface area contributed by atoms with Crippen molar-refractivity contribution in [1.82, 2.24) is 9.88 Å². The summed E-state index contributed by atoms with van der Waals surface area (Å²) in [5.74, 6) is 0. The Kier molecular flexibility index (Phi) is 5.53. The first kappa shape index (κ1) is 15.3. The molecule has 2 aromatic rings. The van der Waals surface area contributed by atoms with Crippen LogP contribution in [0.25, 0.3) is 10.9 Å². The maximum Gasteiger partial charge on any atom is 0.0991 e. The quantitative estimate of drug-likeness (QED) is 0.792. The summed E-state index contributed by atoms with van der Waals surface area (Å²) in [6, 6.07) is 9.76. The van der Waals surface area contributed by atoms with Gasteiger partial charge in [-0.15, -0.1) is 0 Å². The van der Waals surface area contributed by atoms with Crippen LogP contribution in [0.3, 0.4) is 0 Å². The molecule has 1 aromatic carbocycles. The average Bonchev–Trinajstić information content (AvgIpc) is 2.54. The molecular formula is C17H22N4. The van der Waals surface area contributed by atoms with E-state index in [1.807, 2.05) is 18.2 Å². The Balaban J connectivity index is 2.03. The van der Waals surface area contributed by atoms with Crippen molar-refractivity contribution in [1.29, 1.82) is 5.26 Å². The van der Waals surface area contributed by atoms with E-state index in [1.165, 1.54) is 0 Å². The molecule has 0 saturated heterocycles. The molecule has 1 aromatic heterocycles. The van der Waals surface area contributed by atoms with Gasteiger partial charge in [0.1, 0.15) is 0 Å². The standard InChI is InChI=1S/C17H22N4/c1-3-21(4-2)11-5-9-19-17-8-10-20-16-7-6-14(13-18)12-15(16)17/h6-8,10,12H,3-5,9,11H2,1-2H3,(H,19,20). The second kappa shape index (κ2) is 7.61. The fourth-order valence-corrected chi connectivity index (χ4v) is 2.44. The topological polar surface area (TPSA) is 52.0 Å². The van der Waals surface area contributed by atoms with Gasteiger partial charge in [-0.2, -0.15) is 5.26 Å². The van der Waals surface area contributed by atoms with Crippen LogP contribution in [-0.2, 0) is 0 Å². The number of anilines is 1. The molecule has 0 aliphatic carbocycles. The highest BCUT2D eigenvalue weighted by Crippen LogP contribution is 2.22. The molecule has 0 fully saturated rings. The minimum absolute atomic E-state index is 0.668. The Labute approximate surface area is 126 Å². The van der Waals surface area contributed by atoms with Crippen LogP contribution < -0.4 is 5.32 Å². The van der Waals surface area contributed by atoms with Crippen LogP contribution in [-0.4, -0.2) is 36.1 Å². The lowest BCUT2D eigenvalue weighted by molar-refractivity contribution is 0.303. The van der Waals surface area contributed by atoms with Crippen LogP contribution in [0.5, 0.6) is 0 Å². The SMILES string of the molecule is CCN(CC)CCCNc1ccnc2ccc(C#N)cc12. The number of hydrogen-bond donors (Lipinski definition) is 1. The third-order valence-corrected chi connectivity index (χ3v) is 3.73. The molecule has 21 heavy (non-hydrogen) atoms. The Bertz CT molecular complexity index is 626. The summed E-state index contributed by atoms with van der Waals surface area (Å²) in [5, 5.41) is 13.5. The van der Waals surface area contributed by atoms with Crippen LogP contribution >= 0.6 is 0 Å². The van der Waals surface area contributed by atoms with Crippen LogP contribution in [0.15, 0.2) is 30.5 Å². The zero-order valence-electron chi connectivity index (χ0n) is 12.8. The summed E-state index contributed by atoms with van der Waals surface area (Å²) in [6.07, 6.45) is 2.91. The third kappa shape index (κ3) is 3.93. The van der Waals surface area contributed by atoms with Gasteiger partial charge in [0.15, 0.2) is 0 Å². The van der Waals surface area contributed by atoms with Gasteiger partial charge in [0.2, 0.25) is 0 Å². The Morgan fingerprint density at radius 3 is 2.76 bits per heavy atom. The molecule has 0 bridgehead atoms. The molecule has 2 rings (SSSR count). The van der Waals surface area contributed by atoms with Crippen molar-refractivity contribution < 1.29 is 0 Å². The predicted molar refractivity (Wildman–Crippen MR) is 87.4 cm³/mol. The van der Waals surface area contributed by atoms with Gasteiger partial charge < -0.3 is 10.2 Å². The second-order valence-electron chi connectivity index (χ2n) is 5.01. The minimum Gasteiger partial charge on any atom is -0.384 e. The number of nitriles is 1. The minimum atomic E-state index is 0.668. The summed E-state index contributed by atoms with van der Waals surface area (Å²) in [7, 11) is 0. The van der Waals surface area contributed by atoms with Gasteiger partial charge in [-0.1, -0.05) is 13.8 Å². The zero-order valence-corrected chi connectivity index (χ0v) is 12.8. The summed E-state index contributed by atoms with van der Waals surface area (Å²) in [4.78, 5) is 6.76. The van der Waals surface area contributed by atoms with Crippen LogP contribution in [0.2, 0.25) is 0 Å². The number of nitrogens with one attached hydrogen (secondary N) is 1. The highest BCUT2D eigenvalue weighted by atomic mass is 15.1. The van der Waals surface area contributed by atoms with Crippen LogP contribution in [0.1, 0.15) is 25.8 Å². The summed E-state index contributed by atoms with van der Waals surface area (Å²) in [6.45, 7) is 8.60. The largest absolute Gasteiger partial charge is 0.384 e. The monoisotopic (exact) mass is 282 g/mol. The maximum absolute atomic E-state index is 9.02. The summed E-state index contributed by atoms with van der Waals surface area (Å²) >= 11 is 0. The first-order valence-electron chi connectivity index (χ1n) is 7.53. The molecule has 0 aliphatic rings. The predicted octanol–water partition coefficient (Wildman–Crippen LogP) is 3.25. The molecule has 4 heteroatoms. The summed E-state index contributed by atoms with van der Waals surface area (Å²) in [5.41, 5.74) is 2.64. The third-order valence-electron chi connectivity index (χ3n) is 3.73. The van der Waals surface area contributed by atoms with Crippen LogP contribution in [0.4, 0.5) is 5.69 Å². The van der Waals surface area contributed by atoms with E-state index >= 15 is 0 Å². The van der Waals surface area contributed by atoms with E-state index in [9.17, 15) is 0 Å². The van der Waals surface area contributed by atoms with E-state index in [-0.39, 0.29) is 0 Å². The molecule has 0 aliphatic heterocycles. The van der Waals surface area contributed by atoms with E-state index in [0.717, 1.165) is 49.2 Å². The first-order valence-corrected chi connectivity index (χ1v) is 7.53. The first-order chi connectivity index (χ1) is 10.3. The lowest BCUT2D eigenvalue weighted by Crippen LogP contribution is -2.25. The van der Waals surface area contributed by atoms with Gasteiger partial charge in [-0.3, -0.25) is 4.98 Å². The Morgan fingerprint density at radius 1 is 1.24 bits per heavy atom. The fraction of sp³-hybridized carbons (Fsp3) is 0.412. The molecule has 1 N–H and O–H groups in total. The van der Waals surface area contributed by atoms with Crippen molar-refractivity contribution >= 4 is 16.6 Å². The van der Waals surface area contributed by atoms with Gasteiger partial charge >= 0.3 is 0 Å². The van der Waals surface area contributed by atoms with E-state index < -0.39 is 0 Å². The number of aromatic nitrogens is 1. The average molecular weight is 282 g/mol. The number of benzene rings is 1. The van der Waals surface area contributed by atoms with Crippen molar-refractivity contribution in [3.8, 4) is 6.07 Å². The van der Waals surface area contributed by atoms with Crippen molar-refractivity contribution in [2.24, 2.45) is 0 Å². The zero-order chi connectivity index (χ0) is 15.1. The number of fused-ring (bicyclic) bond motifs is 1. The number of pyridine rings is 1. The van der Waals surface area contributed by atoms with Crippen LogP contribution in [0, 0.1) is 11.3 Å². The molecule has 4 nitrogen and oxygen atoms in total. The highest BCUT2D eigenvalue weighted by molar-refractivity contribution is 5.91. The van der Waals surface area contributed by atoms with Gasteiger partial charge in [0.25, 0.3) is 0 Å². The van der Waals surface area contributed by atoms with Crippen molar-refractivity contribution in [2.45, 2.75) is 20.3 Å². The maximum atomic E-state index is 9.02. The van der Waals surface area contributed by atoms with Gasteiger partial charge in [0, 0.05) is 23.8 Å². The molecule has 0 spiro atoms. The lowest BCUT2D eigenvalue weighted by atomic mass is 10.1. The lowest BCUT2D eigenvalue weighted by Gasteiger charge is -2.18. The highest BCUT2D eigenvalue weighted by Gasteiger charge is 2.03. The molecule has 0 radical (unpaired) electrons. The molecule has 0 saturated carbocycles. The Hall–Kier alpha value is -2.12. The van der Waals surface area contributed by atoms with E-state index in [1.54, 1.807) is 12.3 Å². The van der Waals surface area contributed by atoms with Gasteiger partial charge in [-0.25, -0.2) is 0 Å². The van der Waals surface area contributed by atoms with E-state index in [2.05, 4.69) is 35.1 Å². The Morgan fingerprint density at radius 2 is 2.05 bits per heavy atom. The van der Waals surface area contributed by atoms with Gasteiger partial charge in [-0.05, 0) is 50.3 Å². The van der Waals surface area contributed by atoms with Crippen molar-refractivity contribution in [3.05, 3.63) is 36.0 Å². The van der Waals surface area contributed by atoms with Gasteiger partial charge in [0.05, 0.1) is 17.1 Å². The van der Waals surface area contributed by atoms with Crippen molar-refractivity contribution in [3.63, 3.8) is 0 Å². The normalized spacial score (nSPS) is 10.8. The van der Waals surface area contributed by atoms with E-state index in [0.29, 0.717) is 5.56 Å². The second-order valence-corrected chi connectivity index (χ2v) is 5.01. The number of rotatable bonds is 7. The van der Waals surface area contributed by atoms with Crippen molar-refractivity contribution in [2.75, 3.05) is 31.5 Å². The molecule has 0 atom stereocenters. The molecule has 0 unspecified atom stereocenters. The number of nitrogens with zero attached hydrogens (tertiary/aromatic N) is 3. The smallest absolute Gasteiger partial charge is 0.0991 e. The fourth-order valence-electron chi connectivity index (χ4n) is 2.44. The summed E-state index contributed by atoms with van der Waals surface area (Å²) < 4.78 is 0. The number of hydrogen-bond acceptors (Lipinski definition) is 4. The molecule has 0 amide bonds. The van der Waals surface area contributed by atoms with E-state index in [4.69, 9.17) is 5.26 Å². The molecular weight excluding hydrogens is 260 g/mol. The molecule has 110 valence electrons. The molecule has 1 heterocycles.